The van der Waals surface area contributed by atoms with Crippen LogP contribution in [0.1, 0.15) is 117 Å². The molecule has 0 amide bonds. The largest absolute Gasteiger partial charge is 0.481 e. The van der Waals surface area contributed by atoms with E-state index in [0.717, 1.165) is 38.5 Å². The molecule has 0 saturated heterocycles. The van der Waals surface area contributed by atoms with Crippen molar-refractivity contribution in [2.24, 2.45) is 0 Å². The maximum absolute atomic E-state index is 10.2. The summed E-state index contributed by atoms with van der Waals surface area (Å²) in [6, 6.07) is 0. The van der Waals surface area contributed by atoms with Crippen molar-refractivity contribution in [1.82, 2.24) is 0 Å². The number of allylic oxidation sites excluding steroid dienone is 8. The van der Waals surface area contributed by atoms with Gasteiger partial charge in [0, 0.05) is 12.8 Å². The van der Waals surface area contributed by atoms with Gasteiger partial charge in [0.15, 0.2) is 0 Å². The predicted octanol–water partition coefficient (Wildman–Crippen LogP) is 8.65. The van der Waals surface area contributed by atoms with Crippen LogP contribution in [0.3, 0.4) is 0 Å². The number of hydrogen-bond donors (Lipinski definition) is 2. The molecule has 0 atom stereocenters. The maximum Gasteiger partial charge on any atom is 0.303 e. The molecular weight excluding hydrogens is 400 g/mol. The van der Waals surface area contributed by atoms with Gasteiger partial charge < -0.3 is 10.2 Å². The Morgan fingerprint density at radius 1 is 0.500 bits per heavy atom. The summed E-state index contributed by atoms with van der Waals surface area (Å²) < 4.78 is 0. The molecule has 0 aliphatic rings. The van der Waals surface area contributed by atoms with E-state index in [1.165, 1.54) is 51.4 Å². The standard InChI is InChI=1S/2C14H24O2/c2*1-2-3-4-5-6-7-8-9-10-11-12-13-14(15)16/h2*2-5H,6-13H2,1H3,(H,15,16). The van der Waals surface area contributed by atoms with Crippen LogP contribution in [0.15, 0.2) is 48.6 Å². The Morgan fingerprint density at radius 2 is 0.812 bits per heavy atom. The van der Waals surface area contributed by atoms with Gasteiger partial charge in [-0.3, -0.25) is 9.59 Å². The van der Waals surface area contributed by atoms with Crippen LogP contribution in [0, 0.1) is 0 Å². The van der Waals surface area contributed by atoms with E-state index in [1.54, 1.807) is 0 Å². The Morgan fingerprint density at radius 3 is 1.12 bits per heavy atom. The monoisotopic (exact) mass is 448 g/mol. The summed E-state index contributed by atoms with van der Waals surface area (Å²) in [5, 5.41) is 16.9. The van der Waals surface area contributed by atoms with Gasteiger partial charge in [-0.1, -0.05) is 100.0 Å². The summed E-state index contributed by atoms with van der Waals surface area (Å²) >= 11 is 0. The molecule has 0 aromatic carbocycles. The number of rotatable bonds is 20. The molecule has 0 aliphatic carbocycles. The molecule has 2 N–H and O–H groups in total. The lowest BCUT2D eigenvalue weighted by Crippen LogP contribution is -1.93. The lowest BCUT2D eigenvalue weighted by molar-refractivity contribution is -0.138. The van der Waals surface area contributed by atoms with Gasteiger partial charge in [0.25, 0.3) is 0 Å². The summed E-state index contributed by atoms with van der Waals surface area (Å²) in [7, 11) is 0. The molecule has 4 nitrogen and oxygen atoms in total. The summed E-state index contributed by atoms with van der Waals surface area (Å²) in [4.78, 5) is 20.5. The van der Waals surface area contributed by atoms with Crippen molar-refractivity contribution in [3.8, 4) is 0 Å². The lowest BCUT2D eigenvalue weighted by Gasteiger charge is -1.98. The average Bonchev–Trinajstić information content (AvgIpc) is 2.76. The van der Waals surface area contributed by atoms with E-state index < -0.39 is 11.9 Å². The van der Waals surface area contributed by atoms with Crippen LogP contribution in [0.5, 0.6) is 0 Å². The van der Waals surface area contributed by atoms with E-state index in [1.807, 2.05) is 38.2 Å². The Bertz CT molecular complexity index is 482. The van der Waals surface area contributed by atoms with Crippen molar-refractivity contribution in [1.29, 1.82) is 0 Å². The van der Waals surface area contributed by atoms with Crippen molar-refractivity contribution < 1.29 is 19.8 Å². The first-order valence-corrected chi connectivity index (χ1v) is 12.5. The van der Waals surface area contributed by atoms with Crippen LogP contribution in [0.2, 0.25) is 0 Å². The van der Waals surface area contributed by atoms with Crippen LogP contribution < -0.4 is 0 Å². The van der Waals surface area contributed by atoms with Crippen molar-refractivity contribution in [2.75, 3.05) is 0 Å². The third kappa shape index (κ3) is 35.3. The zero-order chi connectivity index (χ0) is 24.1. The minimum absolute atomic E-state index is 0.325. The summed E-state index contributed by atoms with van der Waals surface area (Å²) in [5.74, 6) is -1.34. The highest BCUT2D eigenvalue weighted by Crippen LogP contribution is 2.09. The summed E-state index contributed by atoms with van der Waals surface area (Å²) in [5.41, 5.74) is 0. The minimum atomic E-state index is -0.672. The highest BCUT2D eigenvalue weighted by molar-refractivity contribution is 5.66. The number of aliphatic carboxylic acids is 2. The molecule has 0 aromatic rings. The van der Waals surface area contributed by atoms with Crippen molar-refractivity contribution in [3.63, 3.8) is 0 Å². The second-order valence-electron chi connectivity index (χ2n) is 8.02. The molecule has 0 saturated carbocycles. The third-order valence-corrected chi connectivity index (χ3v) is 4.90. The predicted molar refractivity (Wildman–Crippen MR) is 137 cm³/mol. The number of hydrogen-bond acceptors (Lipinski definition) is 2. The fourth-order valence-corrected chi connectivity index (χ4v) is 3.06. The molecule has 0 radical (unpaired) electrons. The van der Waals surface area contributed by atoms with Gasteiger partial charge in [0.05, 0.1) is 0 Å². The molecule has 0 fully saturated rings. The van der Waals surface area contributed by atoms with Crippen LogP contribution in [-0.2, 0) is 9.59 Å². The van der Waals surface area contributed by atoms with Gasteiger partial charge in [-0.15, -0.1) is 0 Å². The molecule has 4 heteroatoms. The van der Waals surface area contributed by atoms with E-state index >= 15 is 0 Å². The highest BCUT2D eigenvalue weighted by atomic mass is 16.4. The first kappa shape index (κ1) is 32.1. The SMILES string of the molecule is CC=CC=CCCCCCCCCC(=O)O.CC=CC=CCCCCCCCCC(=O)O. The topological polar surface area (TPSA) is 74.6 Å². The second-order valence-corrected chi connectivity index (χ2v) is 8.02. The molecule has 184 valence electrons. The Hall–Kier alpha value is -2.10. The van der Waals surface area contributed by atoms with Crippen molar-refractivity contribution >= 4 is 11.9 Å². The Kier molecular flexibility index (Phi) is 29.0. The fourth-order valence-electron chi connectivity index (χ4n) is 3.06. The maximum atomic E-state index is 10.2. The normalized spacial score (nSPS) is 11.6. The molecule has 0 heterocycles. The quantitative estimate of drug-likeness (QED) is 0.144. The Labute approximate surface area is 197 Å². The van der Waals surface area contributed by atoms with Gasteiger partial charge in [0.2, 0.25) is 0 Å². The van der Waals surface area contributed by atoms with E-state index in [-0.39, 0.29) is 0 Å². The molecule has 0 rings (SSSR count). The summed E-state index contributed by atoms with van der Waals surface area (Å²) in [6.07, 6.45) is 33.3. The molecule has 0 aliphatic heterocycles. The molecule has 0 unspecified atom stereocenters. The van der Waals surface area contributed by atoms with Crippen LogP contribution >= 0.6 is 0 Å². The number of carbonyl (C=O) groups is 2. The van der Waals surface area contributed by atoms with Gasteiger partial charge in [-0.2, -0.15) is 0 Å². The van der Waals surface area contributed by atoms with Crippen molar-refractivity contribution in [2.45, 2.75) is 117 Å². The zero-order valence-corrected chi connectivity index (χ0v) is 20.6. The molecule has 0 aromatic heterocycles. The highest BCUT2D eigenvalue weighted by Gasteiger charge is 1.96. The van der Waals surface area contributed by atoms with Crippen molar-refractivity contribution in [3.05, 3.63) is 48.6 Å². The number of carboxylic acid groups (broad SMARTS) is 2. The average molecular weight is 449 g/mol. The Balaban J connectivity index is 0. The van der Waals surface area contributed by atoms with E-state index in [0.29, 0.717) is 12.8 Å². The fraction of sp³-hybridized carbons (Fsp3) is 0.643. The third-order valence-electron chi connectivity index (χ3n) is 4.90. The molecule has 0 spiro atoms. The zero-order valence-electron chi connectivity index (χ0n) is 20.6. The van der Waals surface area contributed by atoms with Gasteiger partial charge >= 0.3 is 11.9 Å². The van der Waals surface area contributed by atoms with Gasteiger partial charge in [-0.05, 0) is 52.4 Å². The molecule has 32 heavy (non-hydrogen) atoms. The van der Waals surface area contributed by atoms with Crippen LogP contribution in [-0.4, -0.2) is 22.2 Å². The smallest absolute Gasteiger partial charge is 0.303 e. The first-order chi connectivity index (χ1) is 15.5. The van der Waals surface area contributed by atoms with Gasteiger partial charge in [-0.25, -0.2) is 0 Å². The van der Waals surface area contributed by atoms with Crippen LogP contribution in [0.4, 0.5) is 0 Å². The molecular formula is C28H48O4. The second kappa shape index (κ2) is 28.9. The van der Waals surface area contributed by atoms with E-state index in [2.05, 4.69) is 24.3 Å². The number of unbranched alkanes of at least 4 members (excludes halogenated alkanes) is 12. The first-order valence-electron chi connectivity index (χ1n) is 12.5. The lowest BCUT2D eigenvalue weighted by atomic mass is 10.1. The minimum Gasteiger partial charge on any atom is -0.481 e. The number of carboxylic acids is 2. The van der Waals surface area contributed by atoms with Gasteiger partial charge in [0.1, 0.15) is 0 Å². The summed E-state index contributed by atoms with van der Waals surface area (Å²) in [6.45, 7) is 4.03. The van der Waals surface area contributed by atoms with E-state index in [9.17, 15) is 9.59 Å². The molecule has 0 bridgehead atoms. The van der Waals surface area contributed by atoms with Crippen LogP contribution in [0.25, 0.3) is 0 Å². The van der Waals surface area contributed by atoms with E-state index in [4.69, 9.17) is 10.2 Å².